The van der Waals surface area contributed by atoms with Crippen LogP contribution in [0.3, 0.4) is 0 Å². The Labute approximate surface area is 135 Å². The molecular formula is C16H23N3O4. The second kappa shape index (κ2) is 7.92. The van der Waals surface area contributed by atoms with E-state index in [0.717, 1.165) is 25.8 Å². The van der Waals surface area contributed by atoms with Crippen molar-refractivity contribution in [2.24, 2.45) is 0 Å². The van der Waals surface area contributed by atoms with E-state index in [1.165, 1.54) is 25.7 Å². The van der Waals surface area contributed by atoms with E-state index in [2.05, 4.69) is 17.1 Å². The maximum absolute atomic E-state index is 12.3. The van der Waals surface area contributed by atoms with Crippen molar-refractivity contribution in [1.29, 1.82) is 0 Å². The van der Waals surface area contributed by atoms with Crippen molar-refractivity contribution in [1.82, 2.24) is 4.90 Å². The molecule has 0 radical (unpaired) electrons. The Morgan fingerprint density at radius 2 is 2.26 bits per heavy atom. The maximum Gasteiger partial charge on any atom is 0.296 e. The molecule has 1 atom stereocenters. The summed E-state index contributed by atoms with van der Waals surface area (Å²) in [5, 5.41) is 13.8. The van der Waals surface area contributed by atoms with Crippen molar-refractivity contribution in [3.8, 4) is 5.75 Å². The fourth-order valence-electron chi connectivity index (χ4n) is 3.00. The van der Waals surface area contributed by atoms with Crippen molar-refractivity contribution >= 4 is 17.3 Å². The van der Waals surface area contributed by atoms with Gasteiger partial charge in [0.2, 0.25) is 5.91 Å². The molecule has 126 valence electrons. The molecule has 1 aliphatic heterocycles. The third-order valence-electron chi connectivity index (χ3n) is 4.24. The molecule has 23 heavy (non-hydrogen) atoms. The molecule has 0 spiro atoms. The van der Waals surface area contributed by atoms with Crippen LogP contribution in [0, 0.1) is 10.1 Å². The minimum atomic E-state index is -0.520. The molecule has 1 aromatic carbocycles. The second-order valence-electron chi connectivity index (χ2n) is 5.72. The molecule has 1 aromatic rings. The summed E-state index contributed by atoms with van der Waals surface area (Å²) in [5.74, 6) is 0.162. The number of rotatable bonds is 6. The van der Waals surface area contributed by atoms with Crippen LogP contribution in [0.4, 0.5) is 11.4 Å². The van der Waals surface area contributed by atoms with E-state index in [4.69, 9.17) is 4.74 Å². The van der Waals surface area contributed by atoms with Gasteiger partial charge < -0.3 is 10.1 Å². The van der Waals surface area contributed by atoms with E-state index in [1.54, 1.807) is 6.07 Å². The van der Waals surface area contributed by atoms with Gasteiger partial charge in [-0.2, -0.15) is 0 Å². The van der Waals surface area contributed by atoms with Crippen molar-refractivity contribution in [3.63, 3.8) is 0 Å². The predicted molar refractivity (Wildman–Crippen MR) is 87.8 cm³/mol. The molecule has 7 nitrogen and oxygen atoms in total. The first-order chi connectivity index (χ1) is 11.0. The Kier molecular flexibility index (Phi) is 5.92. The molecular weight excluding hydrogens is 298 g/mol. The first kappa shape index (κ1) is 17.2. The van der Waals surface area contributed by atoms with Gasteiger partial charge in [-0.1, -0.05) is 13.3 Å². The molecule has 1 N–H and O–H groups in total. The highest BCUT2D eigenvalue weighted by Gasteiger charge is 2.24. The fourth-order valence-corrected chi connectivity index (χ4v) is 3.00. The van der Waals surface area contributed by atoms with Gasteiger partial charge in [-0.15, -0.1) is 0 Å². The van der Waals surface area contributed by atoms with Crippen LogP contribution in [0.25, 0.3) is 0 Å². The van der Waals surface area contributed by atoms with Crippen LogP contribution in [-0.2, 0) is 4.79 Å². The number of nitrogens with one attached hydrogen (secondary N) is 1. The van der Waals surface area contributed by atoms with Crippen LogP contribution >= 0.6 is 0 Å². The lowest BCUT2D eigenvalue weighted by atomic mass is 10.00. The summed E-state index contributed by atoms with van der Waals surface area (Å²) in [7, 11) is 1.44. The largest absolute Gasteiger partial charge is 0.496 e. The van der Waals surface area contributed by atoms with Crippen LogP contribution in [0.5, 0.6) is 5.75 Å². The zero-order valence-corrected chi connectivity index (χ0v) is 13.6. The van der Waals surface area contributed by atoms with Gasteiger partial charge in [0.15, 0.2) is 0 Å². The normalized spacial score (nSPS) is 18.4. The van der Waals surface area contributed by atoms with E-state index < -0.39 is 4.92 Å². The second-order valence-corrected chi connectivity index (χ2v) is 5.72. The Balaban J connectivity index is 2.06. The van der Waals surface area contributed by atoms with Crippen LogP contribution in [0.1, 0.15) is 32.6 Å². The Hall–Kier alpha value is -2.15. The third kappa shape index (κ3) is 4.41. The summed E-state index contributed by atoms with van der Waals surface area (Å²) < 4.78 is 4.99. The Morgan fingerprint density at radius 1 is 1.48 bits per heavy atom. The van der Waals surface area contributed by atoms with Gasteiger partial charge in [0.25, 0.3) is 5.69 Å². The minimum Gasteiger partial charge on any atom is -0.496 e. The highest BCUT2D eigenvalue weighted by Crippen LogP contribution is 2.29. The molecule has 0 bridgehead atoms. The van der Waals surface area contributed by atoms with E-state index in [1.807, 2.05) is 0 Å². The number of anilines is 1. The number of nitro groups is 1. The number of benzene rings is 1. The number of nitrogens with zero attached hydrogens (tertiary/aromatic N) is 2. The van der Waals surface area contributed by atoms with Crippen LogP contribution in [-0.4, -0.2) is 42.0 Å². The molecule has 1 fully saturated rings. The van der Waals surface area contributed by atoms with Gasteiger partial charge in [-0.05, 0) is 37.9 Å². The molecule has 0 saturated carbocycles. The van der Waals surface area contributed by atoms with Crippen molar-refractivity contribution in [3.05, 3.63) is 28.3 Å². The smallest absolute Gasteiger partial charge is 0.296 e. The van der Waals surface area contributed by atoms with Crippen molar-refractivity contribution in [2.45, 2.75) is 38.6 Å². The number of piperidine rings is 1. The van der Waals surface area contributed by atoms with Gasteiger partial charge in [0.05, 0.1) is 24.6 Å². The Morgan fingerprint density at radius 3 is 2.91 bits per heavy atom. The minimum absolute atomic E-state index is 0.164. The standard InChI is InChI=1S/C16H23N3O4/c1-3-12-6-4-5-9-18(12)11-16(20)17-14-8-7-13(23-2)10-15(14)19(21)22/h7-8,10,12H,3-6,9,11H2,1-2H3,(H,17,20). The number of methoxy groups -OCH3 is 1. The molecule has 1 aliphatic rings. The van der Waals surface area contributed by atoms with Crippen molar-refractivity contribution in [2.75, 3.05) is 25.5 Å². The number of carbonyl (C=O) groups is 1. The van der Waals surface area contributed by atoms with E-state index in [-0.39, 0.29) is 23.8 Å². The summed E-state index contributed by atoms with van der Waals surface area (Å²) >= 11 is 0. The summed E-state index contributed by atoms with van der Waals surface area (Å²) in [6.07, 6.45) is 4.40. The first-order valence-electron chi connectivity index (χ1n) is 7.91. The molecule has 0 aliphatic carbocycles. The number of likely N-dealkylation sites (tertiary alicyclic amines) is 1. The number of hydrogen-bond acceptors (Lipinski definition) is 5. The van der Waals surface area contributed by atoms with Gasteiger partial charge in [0, 0.05) is 6.04 Å². The Bertz CT molecular complexity index is 576. The van der Waals surface area contributed by atoms with Crippen LogP contribution < -0.4 is 10.1 Å². The summed E-state index contributed by atoms with van der Waals surface area (Å²) in [4.78, 5) is 25.1. The van der Waals surface area contributed by atoms with Crippen LogP contribution in [0.15, 0.2) is 18.2 Å². The molecule has 1 saturated heterocycles. The predicted octanol–water partition coefficient (Wildman–Crippen LogP) is 2.81. The number of hydrogen-bond donors (Lipinski definition) is 1. The maximum atomic E-state index is 12.3. The first-order valence-corrected chi connectivity index (χ1v) is 7.91. The van der Waals surface area contributed by atoms with E-state index in [9.17, 15) is 14.9 Å². The molecule has 1 amide bonds. The number of carbonyl (C=O) groups excluding carboxylic acids is 1. The lowest BCUT2D eigenvalue weighted by Crippen LogP contribution is -2.43. The molecule has 0 aromatic heterocycles. The van der Waals surface area contributed by atoms with Crippen LogP contribution in [0.2, 0.25) is 0 Å². The number of ether oxygens (including phenoxy) is 1. The fraction of sp³-hybridized carbons (Fsp3) is 0.562. The highest BCUT2D eigenvalue weighted by atomic mass is 16.6. The molecule has 1 heterocycles. The SMILES string of the molecule is CCC1CCCCN1CC(=O)Nc1ccc(OC)cc1[N+](=O)[O-]. The molecule has 2 rings (SSSR count). The average molecular weight is 321 g/mol. The topological polar surface area (TPSA) is 84.7 Å². The average Bonchev–Trinajstić information content (AvgIpc) is 2.55. The van der Waals surface area contributed by atoms with Gasteiger partial charge in [-0.25, -0.2) is 0 Å². The number of amides is 1. The number of nitro benzene ring substituents is 1. The van der Waals surface area contributed by atoms with Gasteiger partial charge in [-0.3, -0.25) is 19.8 Å². The van der Waals surface area contributed by atoms with E-state index >= 15 is 0 Å². The lowest BCUT2D eigenvalue weighted by Gasteiger charge is -2.34. The quantitative estimate of drug-likeness (QED) is 0.643. The monoisotopic (exact) mass is 321 g/mol. The highest BCUT2D eigenvalue weighted by molar-refractivity contribution is 5.94. The van der Waals surface area contributed by atoms with Gasteiger partial charge in [0.1, 0.15) is 11.4 Å². The summed E-state index contributed by atoms with van der Waals surface area (Å²) in [6, 6.07) is 4.83. The lowest BCUT2D eigenvalue weighted by molar-refractivity contribution is -0.384. The third-order valence-corrected chi connectivity index (χ3v) is 4.24. The summed E-state index contributed by atoms with van der Waals surface area (Å²) in [5.41, 5.74) is 0.0363. The van der Waals surface area contributed by atoms with Gasteiger partial charge >= 0.3 is 0 Å². The molecule has 7 heteroatoms. The molecule has 1 unspecified atom stereocenters. The van der Waals surface area contributed by atoms with Crippen molar-refractivity contribution < 1.29 is 14.5 Å². The zero-order chi connectivity index (χ0) is 16.8. The van der Waals surface area contributed by atoms with E-state index in [0.29, 0.717) is 11.8 Å². The summed E-state index contributed by atoms with van der Waals surface area (Å²) in [6.45, 7) is 3.29. The zero-order valence-electron chi connectivity index (χ0n) is 13.6.